The summed E-state index contributed by atoms with van der Waals surface area (Å²) in [4.78, 5) is 12.9. The molecule has 0 unspecified atom stereocenters. The van der Waals surface area contributed by atoms with Crippen molar-refractivity contribution in [3.05, 3.63) is 66.5 Å². The number of nitrogens with one attached hydrogen (secondary N) is 1. The van der Waals surface area contributed by atoms with Crippen molar-refractivity contribution in [2.75, 3.05) is 32.8 Å². The van der Waals surface area contributed by atoms with Crippen molar-refractivity contribution in [3.63, 3.8) is 0 Å². The van der Waals surface area contributed by atoms with E-state index in [1.807, 2.05) is 54.9 Å². The summed E-state index contributed by atoms with van der Waals surface area (Å²) in [6.07, 6.45) is 4.04. The second kappa shape index (κ2) is 8.51. The van der Waals surface area contributed by atoms with Gasteiger partial charge in [-0.1, -0.05) is 6.07 Å². The average Bonchev–Trinajstić information content (AvgIpc) is 3.34. The molecular formula is C23H25N3O3. The number of benzene rings is 2. The summed E-state index contributed by atoms with van der Waals surface area (Å²) >= 11 is 0. The molecule has 29 heavy (non-hydrogen) atoms. The van der Waals surface area contributed by atoms with Crippen LogP contribution in [0.15, 0.2) is 60.9 Å². The Labute approximate surface area is 169 Å². The first kappa shape index (κ1) is 19.2. The van der Waals surface area contributed by atoms with E-state index in [1.165, 1.54) is 0 Å². The largest absolute Gasteiger partial charge is 0.383 e. The lowest BCUT2D eigenvalue weighted by molar-refractivity contribution is 0.102. The zero-order valence-corrected chi connectivity index (χ0v) is 16.7. The second-order valence-electron chi connectivity index (χ2n) is 6.97. The number of fused-ring (bicyclic) bond motifs is 2. The van der Waals surface area contributed by atoms with Crippen LogP contribution in [0.4, 0.5) is 5.69 Å². The van der Waals surface area contributed by atoms with E-state index in [0.29, 0.717) is 18.8 Å². The van der Waals surface area contributed by atoms with Crippen LogP contribution in [0, 0.1) is 0 Å². The number of nitrogens with zero attached hydrogens (tertiary/aromatic N) is 2. The van der Waals surface area contributed by atoms with Crippen molar-refractivity contribution >= 4 is 33.4 Å². The van der Waals surface area contributed by atoms with Crippen molar-refractivity contribution in [1.29, 1.82) is 0 Å². The molecule has 0 aliphatic heterocycles. The minimum absolute atomic E-state index is 0.117. The first-order valence-electron chi connectivity index (χ1n) is 9.67. The number of carbonyl (C=O) groups excluding carboxylic acids is 1. The second-order valence-corrected chi connectivity index (χ2v) is 6.97. The molecule has 6 nitrogen and oxygen atoms in total. The summed E-state index contributed by atoms with van der Waals surface area (Å²) in [5.74, 6) is -0.117. The van der Waals surface area contributed by atoms with Gasteiger partial charge in [0.2, 0.25) is 0 Å². The Morgan fingerprint density at radius 1 is 0.897 bits per heavy atom. The van der Waals surface area contributed by atoms with Crippen LogP contribution in [0.2, 0.25) is 0 Å². The van der Waals surface area contributed by atoms with Gasteiger partial charge in [0, 0.05) is 61.6 Å². The highest BCUT2D eigenvalue weighted by Gasteiger charge is 2.12. The lowest BCUT2D eigenvalue weighted by Crippen LogP contribution is -2.12. The van der Waals surface area contributed by atoms with Crippen LogP contribution >= 0.6 is 0 Å². The van der Waals surface area contributed by atoms with Crippen molar-refractivity contribution in [3.8, 4) is 0 Å². The fraction of sp³-hybridized carbons (Fsp3) is 0.261. The van der Waals surface area contributed by atoms with Crippen LogP contribution in [0.25, 0.3) is 21.8 Å². The molecule has 0 atom stereocenters. The van der Waals surface area contributed by atoms with Gasteiger partial charge in [0.25, 0.3) is 5.91 Å². The highest BCUT2D eigenvalue weighted by Crippen LogP contribution is 2.26. The molecule has 4 rings (SSSR count). The van der Waals surface area contributed by atoms with Crippen LogP contribution < -0.4 is 5.32 Å². The molecule has 1 N–H and O–H groups in total. The maximum atomic E-state index is 12.9. The number of carbonyl (C=O) groups is 1. The van der Waals surface area contributed by atoms with E-state index < -0.39 is 0 Å². The number of hydrogen-bond donors (Lipinski definition) is 1. The van der Waals surface area contributed by atoms with Gasteiger partial charge in [0.15, 0.2) is 0 Å². The Morgan fingerprint density at radius 3 is 2.38 bits per heavy atom. The van der Waals surface area contributed by atoms with Gasteiger partial charge in [-0.25, -0.2) is 0 Å². The lowest BCUT2D eigenvalue weighted by atomic mass is 10.1. The van der Waals surface area contributed by atoms with E-state index in [2.05, 4.69) is 20.5 Å². The standard InChI is InChI=1S/C23H25N3O3/c1-28-14-12-25-10-8-17-16-18(6-7-21(17)25)23(27)24-20-4-3-5-22-19(20)9-11-26(22)13-15-29-2/h3-11,16H,12-15H2,1-2H3,(H,24,27). The summed E-state index contributed by atoms with van der Waals surface area (Å²) in [5.41, 5.74) is 3.61. The minimum Gasteiger partial charge on any atom is -0.383 e. The van der Waals surface area contributed by atoms with Crippen molar-refractivity contribution < 1.29 is 14.3 Å². The maximum absolute atomic E-state index is 12.9. The molecule has 0 spiro atoms. The minimum atomic E-state index is -0.117. The van der Waals surface area contributed by atoms with Crippen molar-refractivity contribution in [2.45, 2.75) is 13.1 Å². The van der Waals surface area contributed by atoms with Crippen LogP contribution in [-0.4, -0.2) is 42.5 Å². The third-order valence-corrected chi connectivity index (χ3v) is 5.17. The summed E-state index contributed by atoms with van der Waals surface area (Å²) < 4.78 is 14.6. The topological polar surface area (TPSA) is 57.4 Å². The molecule has 150 valence electrons. The highest BCUT2D eigenvalue weighted by molar-refractivity contribution is 6.10. The third-order valence-electron chi connectivity index (χ3n) is 5.17. The van der Waals surface area contributed by atoms with E-state index in [-0.39, 0.29) is 5.91 Å². The fourth-order valence-electron chi connectivity index (χ4n) is 3.64. The van der Waals surface area contributed by atoms with Crippen LogP contribution in [0.5, 0.6) is 0 Å². The highest BCUT2D eigenvalue weighted by atomic mass is 16.5. The smallest absolute Gasteiger partial charge is 0.255 e. The zero-order valence-electron chi connectivity index (χ0n) is 16.7. The van der Waals surface area contributed by atoms with E-state index in [9.17, 15) is 4.79 Å². The molecule has 0 saturated carbocycles. The molecule has 2 heterocycles. The quantitative estimate of drug-likeness (QED) is 0.491. The first-order valence-corrected chi connectivity index (χ1v) is 9.67. The molecule has 0 bridgehead atoms. The van der Waals surface area contributed by atoms with E-state index in [1.54, 1.807) is 14.2 Å². The number of aromatic nitrogens is 2. The van der Waals surface area contributed by atoms with Crippen LogP contribution in [-0.2, 0) is 22.6 Å². The third kappa shape index (κ3) is 3.90. The van der Waals surface area contributed by atoms with E-state index >= 15 is 0 Å². The maximum Gasteiger partial charge on any atom is 0.255 e. The number of methoxy groups -OCH3 is 2. The van der Waals surface area contributed by atoms with Gasteiger partial charge in [-0.3, -0.25) is 4.79 Å². The Balaban J connectivity index is 1.57. The van der Waals surface area contributed by atoms with Gasteiger partial charge in [-0.2, -0.15) is 0 Å². The van der Waals surface area contributed by atoms with E-state index in [0.717, 1.165) is 40.6 Å². The number of amides is 1. The van der Waals surface area contributed by atoms with Gasteiger partial charge in [0.05, 0.1) is 24.4 Å². The van der Waals surface area contributed by atoms with Crippen molar-refractivity contribution in [2.24, 2.45) is 0 Å². The van der Waals surface area contributed by atoms with Gasteiger partial charge in [-0.15, -0.1) is 0 Å². The Bertz CT molecular complexity index is 1140. The molecule has 0 aliphatic carbocycles. The molecule has 0 fully saturated rings. The first-order chi connectivity index (χ1) is 14.2. The number of rotatable bonds is 8. The monoisotopic (exact) mass is 391 g/mol. The molecule has 6 heteroatoms. The Morgan fingerprint density at radius 2 is 1.62 bits per heavy atom. The molecule has 0 saturated heterocycles. The molecule has 0 aliphatic rings. The van der Waals surface area contributed by atoms with Gasteiger partial charge in [0.1, 0.15) is 0 Å². The van der Waals surface area contributed by atoms with Gasteiger partial charge < -0.3 is 23.9 Å². The van der Waals surface area contributed by atoms with Crippen LogP contribution in [0.3, 0.4) is 0 Å². The Hall–Kier alpha value is -3.09. The normalized spacial score (nSPS) is 11.4. The SMILES string of the molecule is COCCn1ccc2cc(C(=O)Nc3cccc4c3ccn4CCOC)ccc21. The molecule has 2 aromatic heterocycles. The lowest BCUT2D eigenvalue weighted by Gasteiger charge is -2.09. The summed E-state index contributed by atoms with van der Waals surface area (Å²) in [5, 5.41) is 5.12. The number of anilines is 1. The van der Waals surface area contributed by atoms with Gasteiger partial charge in [-0.05, 0) is 42.5 Å². The predicted molar refractivity (Wildman–Crippen MR) is 116 cm³/mol. The zero-order chi connectivity index (χ0) is 20.2. The summed E-state index contributed by atoms with van der Waals surface area (Å²) in [6, 6.07) is 15.8. The number of ether oxygens (including phenoxy) is 2. The van der Waals surface area contributed by atoms with E-state index in [4.69, 9.17) is 9.47 Å². The molecular weight excluding hydrogens is 366 g/mol. The average molecular weight is 391 g/mol. The van der Waals surface area contributed by atoms with Crippen LogP contribution in [0.1, 0.15) is 10.4 Å². The van der Waals surface area contributed by atoms with Crippen molar-refractivity contribution in [1.82, 2.24) is 9.13 Å². The summed E-state index contributed by atoms with van der Waals surface area (Å²) in [6.45, 7) is 2.85. The van der Waals surface area contributed by atoms with Gasteiger partial charge >= 0.3 is 0 Å². The predicted octanol–water partition coefficient (Wildman–Crippen LogP) is 4.14. The molecule has 1 amide bonds. The summed E-state index contributed by atoms with van der Waals surface area (Å²) in [7, 11) is 3.39. The Kier molecular flexibility index (Phi) is 5.64. The number of hydrogen-bond acceptors (Lipinski definition) is 3. The molecule has 4 aromatic rings. The molecule has 2 aromatic carbocycles. The fourth-order valence-corrected chi connectivity index (χ4v) is 3.64. The molecule has 0 radical (unpaired) electrons.